The van der Waals surface area contributed by atoms with E-state index in [1.165, 1.54) is 20.3 Å². The van der Waals surface area contributed by atoms with Crippen LogP contribution in [0.3, 0.4) is 0 Å². The maximum absolute atomic E-state index is 13.1. The molecule has 1 aromatic heterocycles. The second-order valence-corrected chi connectivity index (χ2v) is 11.7. The molecule has 1 aromatic carbocycles. The molecule has 1 saturated heterocycles. The van der Waals surface area contributed by atoms with Crippen LogP contribution in [0.2, 0.25) is 0 Å². The number of sulfonamides is 1. The third-order valence-electron chi connectivity index (χ3n) is 6.55. The zero-order valence-corrected chi connectivity index (χ0v) is 20.3. The zero-order valence-electron chi connectivity index (χ0n) is 18.7. The molecule has 1 fully saturated rings. The average Bonchev–Trinajstić information content (AvgIpc) is 3.48. The van der Waals surface area contributed by atoms with E-state index in [1.807, 2.05) is 36.5 Å². The van der Waals surface area contributed by atoms with Gasteiger partial charge in [-0.15, -0.1) is 11.3 Å². The van der Waals surface area contributed by atoms with Gasteiger partial charge in [0.1, 0.15) is 6.04 Å². The van der Waals surface area contributed by atoms with Crippen LogP contribution in [0.5, 0.6) is 0 Å². The van der Waals surface area contributed by atoms with Crippen LogP contribution in [0, 0.1) is 0 Å². The Morgan fingerprint density at radius 3 is 2.81 bits per heavy atom. The highest BCUT2D eigenvalue weighted by Crippen LogP contribution is 2.30. The van der Waals surface area contributed by atoms with Gasteiger partial charge in [-0.3, -0.25) is 9.69 Å². The Morgan fingerprint density at radius 1 is 1.22 bits per heavy atom. The minimum Gasteiger partial charge on any atom is -0.353 e. The summed E-state index contributed by atoms with van der Waals surface area (Å²) in [6.45, 7) is 4.72. The van der Waals surface area contributed by atoms with Gasteiger partial charge in [-0.2, -0.15) is 4.31 Å². The molecule has 2 aromatic rings. The Morgan fingerprint density at radius 2 is 2.03 bits per heavy atom. The molecule has 2 aliphatic rings. The number of carbonyl (C=O) groups is 1. The second kappa shape index (κ2) is 10.5. The van der Waals surface area contributed by atoms with Gasteiger partial charge in [0.2, 0.25) is 15.9 Å². The number of nitrogens with one attached hydrogen (secondary N) is 1. The summed E-state index contributed by atoms with van der Waals surface area (Å²) >= 11 is 1.82. The molecule has 0 saturated carbocycles. The molecule has 32 heavy (non-hydrogen) atoms. The van der Waals surface area contributed by atoms with E-state index in [0.29, 0.717) is 25.9 Å². The number of hydrogen-bond donors (Lipinski definition) is 1. The Labute approximate surface area is 195 Å². The number of thiophene rings is 1. The number of unbranched alkanes of at least 4 members (excludes halogenated alkanes) is 1. The topological polar surface area (TPSA) is 69.7 Å². The molecule has 6 nitrogen and oxygen atoms in total. The van der Waals surface area contributed by atoms with Gasteiger partial charge in [0, 0.05) is 31.1 Å². The smallest absolute Gasteiger partial charge is 0.238 e. The molecule has 1 amide bonds. The number of fused-ring (bicyclic) bond motifs is 1. The standard InChI is InChI=1S/C24H33N3O3S2/c1-2-3-16-32(29,30)27-13-7-10-21(27)24(28)25-17-22(19-8-5-4-6-9-19)26-14-11-23-20(18-26)12-15-31-23/h4-6,8-9,12,15,21-22H,2-3,7,10-11,13-14,16-18H2,1H3,(H,25,28). The van der Waals surface area contributed by atoms with Gasteiger partial charge in [-0.05, 0) is 48.3 Å². The van der Waals surface area contributed by atoms with Gasteiger partial charge in [0.05, 0.1) is 11.8 Å². The highest BCUT2D eigenvalue weighted by molar-refractivity contribution is 7.89. The van der Waals surface area contributed by atoms with Crippen LogP contribution in [0.1, 0.15) is 54.7 Å². The summed E-state index contributed by atoms with van der Waals surface area (Å²) in [5.74, 6) is -0.0480. The van der Waals surface area contributed by atoms with Gasteiger partial charge in [-0.25, -0.2) is 8.42 Å². The van der Waals surface area contributed by atoms with Crippen LogP contribution in [0.25, 0.3) is 0 Å². The fourth-order valence-corrected chi connectivity index (χ4v) is 7.54. The molecule has 2 atom stereocenters. The van der Waals surface area contributed by atoms with Crippen molar-refractivity contribution in [1.29, 1.82) is 0 Å². The normalized spacial score (nSPS) is 20.7. The largest absolute Gasteiger partial charge is 0.353 e. The fourth-order valence-electron chi connectivity index (χ4n) is 4.76. The van der Waals surface area contributed by atoms with Crippen LogP contribution < -0.4 is 5.32 Å². The van der Waals surface area contributed by atoms with Crippen molar-refractivity contribution >= 4 is 27.3 Å². The number of rotatable bonds is 9. The number of amides is 1. The number of carbonyl (C=O) groups excluding carboxylic acids is 1. The first-order chi connectivity index (χ1) is 15.5. The van der Waals surface area contributed by atoms with Crippen molar-refractivity contribution in [3.05, 3.63) is 57.8 Å². The summed E-state index contributed by atoms with van der Waals surface area (Å²) in [5, 5.41) is 5.27. The third kappa shape index (κ3) is 5.25. The SMILES string of the molecule is CCCCS(=O)(=O)N1CCCC1C(=O)NCC(c1ccccc1)N1CCc2sccc2C1. The molecule has 0 spiro atoms. The number of nitrogens with zero attached hydrogens (tertiary/aromatic N) is 2. The number of benzene rings is 1. The van der Waals surface area contributed by atoms with Gasteiger partial charge in [0.25, 0.3) is 0 Å². The first-order valence-electron chi connectivity index (χ1n) is 11.6. The van der Waals surface area contributed by atoms with Crippen LogP contribution in [0.4, 0.5) is 0 Å². The predicted molar refractivity (Wildman–Crippen MR) is 129 cm³/mol. The third-order valence-corrected chi connectivity index (χ3v) is 9.53. The van der Waals surface area contributed by atoms with Crippen LogP contribution in [-0.2, 0) is 27.8 Å². The minimum atomic E-state index is -3.39. The Kier molecular flexibility index (Phi) is 7.66. The van der Waals surface area contributed by atoms with Crippen molar-refractivity contribution in [2.75, 3.05) is 25.4 Å². The lowest BCUT2D eigenvalue weighted by atomic mass is 10.0. The van der Waals surface area contributed by atoms with Crippen molar-refractivity contribution < 1.29 is 13.2 Å². The highest BCUT2D eigenvalue weighted by atomic mass is 32.2. The van der Waals surface area contributed by atoms with E-state index in [9.17, 15) is 13.2 Å². The zero-order chi connectivity index (χ0) is 22.6. The first kappa shape index (κ1) is 23.4. The first-order valence-corrected chi connectivity index (χ1v) is 14.1. The van der Waals surface area contributed by atoms with E-state index in [1.54, 1.807) is 0 Å². The molecular weight excluding hydrogens is 442 g/mol. The Hall–Kier alpha value is -1.74. The van der Waals surface area contributed by atoms with Crippen LogP contribution in [-0.4, -0.2) is 55.0 Å². The summed E-state index contributed by atoms with van der Waals surface area (Å²) in [6, 6.07) is 12.0. The summed E-state index contributed by atoms with van der Waals surface area (Å²) in [6.07, 6.45) is 3.80. The molecule has 0 bridgehead atoms. The molecule has 8 heteroatoms. The lowest BCUT2D eigenvalue weighted by Crippen LogP contribution is -2.48. The van der Waals surface area contributed by atoms with E-state index in [4.69, 9.17) is 0 Å². The molecule has 1 N–H and O–H groups in total. The van der Waals surface area contributed by atoms with Crippen molar-refractivity contribution in [3.8, 4) is 0 Å². The minimum absolute atomic E-state index is 0.0553. The van der Waals surface area contributed by atoms with Crippen molar-refractivity contribution in [2.45, 2.75) is 57.7 Å². The average molecular weight is 476 g/mol. The molecule has 4 rings (SSSR count). The molecule has 2 unspecified atom stereocenters. The van der Waals surface area contributed by atoms with E-state index >= 15 is 0 Å². The lowest BCUT2D eigenvalue weighted by Gasteiger charge is -2.35. The molecule has 3 heterocycles. The predicted octanol–water partition coefficient (Wildman–Crippen LogP) is 3.56. The van der Waals surface area contributed by atoms with Gasteiger partial charge < -0.3 is 5.32 Å². The van der Waals surface area contributed by atoms with Gasteiger partial charge >= 0.3 is 0 Å². The summed E-state index contributed by atoms with van der Waals surface area (Å²) in [4.78, 5) is 17.0. The quantitative estimate of drug-likeness (QED) is 0.602. The molecule has 0 aliphatic carbocycles. The van der Waals surface area contributed by atoms with Gasteiger partial charge in [-0.1, -0.05) is 43.7 Å². The van der Waals surface area contributed by atoms with E-state index in [0.717, 1.165) is 32.4 Å². The summed E-state index contributed by atoms with van der Waals surface area (Å²) in [5.41, 5.74) is 2.54. The van der Waals surface area contributed by atoms with Crippen LogP contribution in [0.15, 0.2) is 41.8 Å². The monoisotopic (exact) mass is 475 g/mol. The fraction of sp³-hybridized carbons (Fsp3) is 0.542. The lowest BCUT2D eigenvalue weighted by molar-refractivity contribution is -0.124. The highest BCUT2D eigenvalue weighted by Gasteiger charge is 2.38. The maximum atomic E-state index is 13.1. The Bertz CT molecular complexity index is 1010. The number of hydrogen-bond acceptors (Lipinski definition) is 5. The molecule has 174 valence electrons. The van der Waals surface area contributed by atoms with Crippen molar-refractivity contribution in [2.24, 2.45) is 0 Å². The Balaban J connectivity index is 1.46. The van der Waals surface area contributed by atoms with E-state index in [-0.39, 0.29) is 17.7 Å². The molecule has 2 aliphatic heterocycles. The summed E-state index contributed by atoms with van der Waals surface area (Å²) < 4.78 is 26.9. The molecular formula is C24H33N3O3S2. The maximum Gasteiger partial charge on any atom is 0.238 e. The van der Waals surface area contributed by atoms with Crippen molar-refractivity contribution in [1.82, 2.24) is 14.5 Å². The van der Waals surface area contributed by atoms with Gasteiger partial charge in [0.15, 0.2) is 0 Å². The van der Waals surface area contributed by atoms with E-state index in [2.05, 4.69) is 33.8 Å². The van der Waals surface area contributed by atoms with E-state index < -0.39 is 16.1 Å². The van der Waals surface area contributed by atoms with Crippen LogP contribution >= 0.6 is 11.3 Å². The van der Waals surface area contributed by atoms with Crippen molar-refractivity contribution in [3.63, 3.8) is 0 Å². The molecule has 0 radical (unpaired) electrons. The second-order valence-electron chi connectivity index (χ2n) is 8.70. The summed E-state index contributed by atoms with van der Waals surface area (Å²) in [7, 11) is -3.39.